The summed E-state index contributed by atoms with van der Waals surface area (Å²) >= 11 is 0. The van der Waals surface area contributed by atoms with Crippen LogP contribution in [-0.2, 0) is 4.79 Å². The first kappa shape index (κ1) is 20.3. The Hall–Kier alpha value is -3.01. The number of rotatable bonds is 2. The molecule has 1 fully saturated rings. The second-order valence-corrected chi connectivity index (χ2v) is 8.32. The molecule has 30 heavy (non-hydrogen) atoms. The van der Waals surface area contributed by atoms with Gasteiger partial charge >= 0.3 is 0 Å². The Labute approximate surface area is 173 Å². The molecule has 1 aromatic carbocycles. The molecule has 0 unspecified atom stereocenters. The number of pyridine rings is 1. The summed E-state index contributed by atoms with van der Waals surface area (Å²) in [6.45, 7) is 3.54. The molecule has 0 N–H and O–H groups in total. The SMILES string of the molecule is CC(F)(F)C(C)(C)C(=O)N1C[C@@H]2C[C@H]1c1cncc(C#Cc3ccc(F)cc3)c1O2. The first-order valence-corrected chi connectivity index (χ1v) is 9.69. The molecule has 2 aliphatic heterocycles. The van der Waals surface area contributed by atoms with Crippen molar-refractivity contribution in [3.05, 3.63) is 59.2 Å². The van der Waals surface area contributed by atoms with Gasteiger partial charge in [-0.05, 0) is 38.1 Å². The van der Waals surface area contributed by atoms with Crippen LogP contribution in [0.2, 0.25) is 0 Å². The number of alkyl halides is 2. The summed E-state index contributed by atoms with van der Waals surface area (Å²) in [5, 5.41) is 0. The summed E-state index contributed by atoms with van der Waals surface area (Å²) < 4.78 is 47.2. The van der Waals surface area contributed by atoms with Crippen molar-refractivity contribution in [2.45, 2.75) is 45.3 Å². The molecule has 156 valence electrons. The van der Waals surface area contributed by atoms with Crippen molar-refractivity contribution in [3.8, 4) is 17.6 Å². The van der Waals surface area contributed by atoms with E-state index in [0.29, 0.717) is 28.9 Å². The molecule has 2 aromatic rings. The van der Waals surface area contributed by atoms with E-state index >= 15 is 0 Å². The lowest BCUT2D eigenvalue weighted by atomic mass is 9.84. The standard InChI is InChI=1S/C23H21F3N2O2/c1-22(2,23(3,25)26)21(29)28-13-17-10-19(28)18-12-27-11-15(20(18)30-17)7-4-14-5-8-16(24)9-6-14/h5-6,8-9,11-12,17,19H,10,13H2,1-3H3/t17-,19-/m0/s1. The van der Waals surface area contributed by atoms with E-state index < -0.39 is 17.2 Å². The number of carbonyl (C=O) groups excluding carboxylic acids is 1. The zero-order chi connectivity index (χ0) is 21.7. The Bertz CT molecular complexity index is 1050. The third kappa shape index (κ3) is 3.41. The van der Waals surface area contributed by atoms with Gasteiger partial charge < -0.3 is 9.64 Å². The number of nitrogens with zero attached hydrogens (tertiary/aromatic N) is 2. The molecule has 0 spiro atoms. The van der Waals surface area contributed by atoms with Gasteiger partial charge in [0.1, 0.15) is 23.1 Å². The van der Waals surface area contributed by atoms with Crippen LogP contribution in [-0.4, -0.2) is 34.4 Å². The first-order chi connectivity index (χ1) is 14.1. The van der Waals surface area contributed by atoms with E-state index in [1.165, 1.54) is 30.9 Å². The minimum absolute atomic E-state index is 0.239. The van der Waals surface area contributed by atoms with Gasteiger partial charge in [-0.25, -0.2) is 13.2 Å². The lowest BCUT2D eigenvalue weighted by Crippen LogP contribution is -2.49. The maximum absolute atomic E-state index is 14.1. The zero-order valence-corrected chi connectivity index (χ0v) is 16.9. The lowest BCUT2D eigenvalue weighted by molar-refractivity contribution is -0.163. The van der Waals surface area contributed by atoms with Gasteiger partial charge in [0.15, 0.2) is 0 Å². The highest BCUT2D eigenvalue weighted by molar-refractivity contribution is 5.84. The third-order valence-corrected chi connectivity index (χ3v) is 5.91. The molecule has 4 rings (SSSR count). The van der Waals surface area contributed by atoms with Gasteiger partial charge in [0.2, 0.25) is 5.91 Å². The van der Waals surface area contributed by atoms with Crippen LogP contribution >= 0.6 is 0 Å². The maximum atomic E-state index is 14.1. The topological polar surface area (TPSA) is 42.4 Å². The van der Waals surface area contributed by atoms with Gasteiger partial charge in [-0.3, -0.25) is 9.78 Å². The van der Waals surface area contributed by atoms with Gasteiger partial charge in [0.05, 0.1) is 18.2 Å². The Morgan fingerprint density at radius 1 is 1.17 bits per heavy atom. The average Bonchev–Trinajstić information content (AvgIpc) is 3.03. The first-order valence-electron chi connectivity index (χ1n) is 9.69. The molecule has 7 heteroatoms. The van der Waals surface area contributed by atoms with Crippen LogP contribution in [0.15, 0.2) is 36.7 Å². The number of carbonyl (C=O) groups is 1. The Balaban J connectivity index is 1.67. The number of likely N-dealkylation sites (tertiary alicyclic amines) is 1. The predicted molar refractivity (Wildman–Crippen MR) is 105 cm³/mol. The monoisotopic (exact) mass is 414 g/mol. The number of halogens is 3. The number of benzene rings is 1. The van der Waals surface area contributed by atoms with Crippen LogP contribution in [0.4, 0.5) is 13.2 Å². The van der Waals surface area contributed by atoms with Crippen molar-refractivity contribution in [2.75, 3.05) is 6.54 Å². The fourth-order valence-electron chi connectivity index (χ4n) is 3.71. The predicted octanol–water partition coefficient (Wildman–Crippen LogP) is 4.34. The summed E-state index contributed by atoms with van der Waals surface area (Å²) in [6, 6.07) is 5.42. The number of hydrogen-bond acceptors (Lipinski definition) is 3. The van der Waals surface area contributed by atoms with E-state index in [0.717, 1.165) is 6.92 Å². The quantitative estimate of drug-likeness (QED) is 0.687. The third-order valence-electron chi connectivity index (χ3n) is 5.91. The highest BCUT2D eigenvalue weighted by Gasteiger charge is 2.54. The lowest BCUT2D eigenvalue weighted by Gasteiger charge is -2.36. The maximum Gasteiger partial charge on any atom is 0.259 e. The number of ether oxygens (including phenoxy) is 1. The second-order valence-electron chi connectivity index (χ2n) is 8.32. The fraction of sp³-hybridized carbons (Fsp3) is 0.391. The average molecular weight is 414 g/mol. The van der Waals surface area contributed by atoms with Gasteiger partial charge in [-0.15, -0.1) is 0 Å². The molecule has 0 radical (unpaired) electrons. The summed E-state index contributed by atoms with van der Waals surface area (Å²) in [5.41, 5.74) is 0.00794. The van der Waals surface area contributed by atoms with Gasteiger partial charge in [0, 0.05) is 36.9 Å². The van der Waals surface area contributed by atoms with Crippen molar-refractivity contribution >= 4 is 5.91 Å². The smallest absolute Gasteiger partial charge is 0.259 e. The van der Waals surface area contributed by atoms with Crippen LogP contribution in [0.5, 0.6) is 5.75 Å². The molecule has 1 aromatic heterocycles. The van der Waals surface area contributed by atoms with Gasteiger partial charge in [-0.2, -0.15) is 0 Å². The molecular weight excluding hydrogens is 393 g/mol. The number of amides is 1. The summed E-state index contributed by atoms with van der Waals surface area (Å²) in [5.74, 6) is 2.35. The van der Waals surface area contributed by atoms with Crippen LogP contribution in [0.25, 0.3) is 0 Å². The molecule has 3 heterocycles. The van der Waals surface area contributed by atoms with Crippen molar-refractivity contribution in [1.82, 2.24) is 9.88 Å². The molecule has 0 aliphatic carbocycles. The van der Waals surface area contributed by atoms with Crippen molar-refractivity contribution in [3.63, 3.8) is 0 Å². The number of aromatic nitrogens is 1. The molecule has 1 amide bonds. The minimum atomic E-state index is -3.16. The molecule has 1 saturated heterocycles. The van der Waals surface area contributed by atoms with E-state index in [9.17, 15) is 18.0 Å². The van der Waals surface area contributed by atoms with Crippen molar-refractivity contribution in [2.24, 2.45) is 5.41 Å². The fourth-order valence-corrected chi connectivity index (χ4v) is 3.71. The molecular formula is C23H21F3N2O2. The molecule has 2 bridgehead atoms. The Morgan fingerprint density at radius 2 is 1.87 bits per heavy atom. The Kier molecular flexibility index (Phi) is 4.76. The highest BCUT2D eigenvalue weighted by atomic mass is 19.3. The van der Waals surface area contributed by atoms with Crippen LogP contribution in [0, 0.1) is 23.1 Å². The van der Waals surface area contributed by atoms with Gasteiger partial charge in [0.25, 0.3) is 5.92 Å². The molecule has 2 aliphatic rings. The molecule has 2 atom stereocenters. The van der Waals surface area contributed by atoms with E-state index in [1.807, 2.05) is 0 Å². The van der Waals surface area contributed by atoms with E-state index in [2.05, 4.69) is 16.8 Å². The van der Waals surface area contributed by atoms with Crippen LogP contribution < -0.4 is 4.74 Å². The highest BCUT2D eigenvalue weighted by Crippen LogP contribution is 2.47. The van der Waals surface area contributed by atoms with Crippen molar-refractivity contribution in [1.29, 1.82) is 0 Å². The minimum Gasteiger partial charge on any atom is -0.487 e. The van der Waals surface area contributed by atoms with Crippen LogP contribution in [0.1, 0.15) is 49.9 Å². The van der Waals surface area contributed by atoms with E-state index in [-0.39, 0.29) is 24.5 Å². The number of hydrogen-bond donors (Lipinski definition) is 0. The Morgan fingerprint density at radius 3 is 2.53 bits per heavy atom. The molecule has 4 nitrogen and oxygen atoms in total. The summed E-state index contributed by atoms with van der Waals surface area (Å²) in [6.07, 6.45) is 3.40. The zero-order valence-electron chi connectivity index (χ0n) is 16.9. The van der Waals surface area contributed by atoms with Gasteiger partial charge in [-0.1, -0.05) is 11.8 Å². The second kappa shape index (κ2) is 7.05. The van der Waals surface area contributed by atoms with E-state index in [1.54, 1.807) is 24.5 Å². The van der Waals surface area contributed by atoms with E-state index in [4.69, 9.17) is 4.74 Å². The normalized spacial score (nSPS) is 20.1. The summed E-state index contributed by atoms with van der Waals surface area (Å²) in [7, 11) is 0. The molecule has 0 saturated carbocycles. The van der Waals surface area contributed by atoms with Crippen molar-refractivity contribution < 1.29 is 22.7 Å². The van der Waals surface area contributed by atoms with Crippen LogP contribution in [0.3, 0.4) is 0 Å². The largest absolute Gasteiger partial charge is 0.487 e. The number of fused-ring (bicyclic) bond motifs is 4. The summed E-state index contributed by atoms with van der Waals surface area (Å²) in [4.78, 5) is 18.7.